The van der Waals surface area contributed by atoms with Crippen molar-refractivity contribution < 1.29 is 4.79 Å². The van der Waals surface area contributed by atoms with Gasteiger partial charge in [0.2, 0.25) is 0 Å². The van der Waals surface area contributed by atoms with Crippen molar-refractivity contribution in [2.75, 3.05) is 0 Å². The summed E-state index contributed by atoms with van der Waals surface area (Å²) < 4.78 is 1.85. The molecule has 1 fully saturated rings. The molecule has 1 aromatic heterocycles. The Morgan fingerprint density at radius 2 is 1.72 bits per heavy atom. The molecule has 29 heavy (non-hydrogen) atoms. The summed E-state index contributed by atoms with van der Waals surface area (Å²) in [6.07, 6.45) is 5.61. The van der Waals surface area contributed by atoms with Crippen LogP contribution in [-0.2, 0) is 7.05 Å². The van der Waals surface area contributed by atoms with Crippen molar-refractivity contribution in [2.45, 2.75) is 38.1 Å². The highest BCUT2D eigenvalue weighted by atomic mass is 35.5. The van der Waals surface area contributed by atoms with E-state index >= 15 is 0 Å². The van der Waals surface area contributed by atoms with Crippen LogP contribution in [0.2, 0.25) is 10.0 Å². The van der Waals surface area contributed by atoms with E-state index in [2.05, 4.69) is 5.32 Å². The number of nitrogens with zero attached hydrogens (tertiary/aromatic N) is 2. The second kappa shape index (κ2) is 8.60. The molecule has 0 aliphatic heterocycles. The molecule has 2 aromatic carbocycles. The van der Waals surface area contributed by atoms with Crippen LogP contribution in [-0.4, -0.2) is 21.5 Å². The number of aromatic nitrogens is 2. The minimum Gasteiger partial charge on any atom is -0.347 e. The summed E-state index contributed by atoms with van der Waals surface area (Å²) in [6.45, 7) is 0. The Morgan fingerprint density at radius 3 is 2.41 bits per heavy atom. The van der Waals surface area contributed by atoms with E-state index in [9.17, 15) is 4.79 Å². The van der Waals surface area contributed by atoms with E-state index < -0.39 is 0 Å². The van der Waals surface area contributed by atoms with Crippen LogP contribution in [0.3, 0.4) is 0 Å². The smallest absolute Gasteiger partial charge is 0.287 e. The highest BCUT2D eigenvalue weighted by Gasteiger charge is 2.25. The summed E-state index contributed by atoms with van der Waals surface area (Å²) >= 11 is 12.5. The number of hydrogen-bond acceptors (Lipinski definition) is 2. The van der Waals surface area contributed by atoms with E-state index in [0.29, 0.717) is 21.6 Å². The normalized spacial score (nSPS) is 14.7. The fourth-order valence-electron chi connectivity index (χ4n) is 3.98. The number of nitrogens with one attached hydrogen (secondary N) is 1. The molecular formula is C23H23Cl2N3O. The van der Waals surface area contributed by atoms with Crippen LogP contribution < -0.4 is 5.32 Å². The number of amides is 1. The summed E-state index contributed by atoms with van der Waals surface area (Å²) in [5.74, 6) is 0.239. The van der Waals surface area contributed by atoms with Crippen LogP contribution in [0.25, 0.3) is 22.5 Å². The van der Waals surface area contributed by atoms with E-state index in [4.69, 9.17) is 28.2 Å². The van der Waals surface area contributed by atoms with E-state index in [1.165, 1.54) is 6.42 Å². The summed E-state index contributed by atoms with van der Waals surface area (Å²) in [7, 11) is 1.87. The van der Waals surface area contributed by atoms with Gasteiger partial charge in [-0.15, -0.1) is 0 Å². The van der Waals surface area contributed by atoms with Crippen molar-refractivity contribution in [3.05, 3.63) is 64.4 Å². The van der Waals surface area contributed by atoms with Gasteiger partial charge in [0.05, 0.1) is 16.4 Å². The predicted octanol–water partition coefficient (Wildman–Crippen LogP) is 6.12. The molecule has 6 heteroatoms. The molecule has 150 valence electrons. The minimum absolute atomic E-state index is 0.145. The molecule has 3 aromatic rings. The summed E-state index contributed by atoms with van der Waals surface area (Å²) in [5, 5.41) is 4.42. The van der Waals surface area contributed by atoms with Gasteiger partial charge < -0.3 is 9.88 Å². The zero-order chi connectivity index (χ0) is 20.4. The number of imidazole rings is 1. The minimum atomic E-state index is -0.145. The fraction of sp³-hybridized carbons (Fsp3) is 0.304. The molecule has 0 saturated heterocycles. The van der Waals surface area contributed by atoms with Crippen LogP contribution in [0, 0.1) is 0 Å². The van der Waals surface area contributed by atoms with E-state index in [1.54, 1.807) is 0 Å². The summed E-state index contributed by atoms with van der Waals surface area (Å²) in [6, 6.07) is 15.3. The Hall–Kier alpha value is -2.30. The third-order valence-electron chi connectivity index (χ3n) is 5.49. The number of hydrogen-bond donors (Lipinski definition) is 1. The van der Waals surface area contributed by atoms with Crippen molar-refractivity contribution in [2.24, 2.45) is 7.05 Å². The molecular weight excluding hydrogens is 405 g/mol. The first-order valence-electron chi connectivity index (χ1n) is 9.93. The molecule has 0 spiro atoms. The molecule has 4 rings (SSSR count). The topological polar surface area (TPSA) is 46.9 Å². The van der Waals surface area contributed by atoms with Gasteiger partial charge in [0.1, 0.15) is 0 Å². The number of rotatable bonds is 4. The SMILES string of the molecule is Cn1c(C(=O)NC2CCCCC2)nc(-c2ccccc2Cl)c1-c1ccc(Cl)cc1. The van der Waals surface area contributed by atoms with Crippen molar-refractivity contribution in [3.63, 3.8) is 0 Å². The molecule has 4 nitrogen and oxygen atoms in total. The number of carbonyl (C=O) groups is 1. The maximum atomic E-state index is 13.1. The van der Waals surface area contributed by atoms with E-state index in [-0.39, 0.29) is 11.9 Å². The van der Waals surface area contributed by atoms with E-state index in [0.717, 1.165) is 42.5 Å². The van der Waals surface area contributed by atoms with Crippen LogP contribution in [0.4, 0.5) is 0 Å². The lowest BCUT2D eigenvalue weighted by Gasteiger charge is -2.22. The largest absolute Gasteiger partial charge is 0.347 e. The Balaban J connectivity index is 1.79. The molecule has 1 heterocycles. The predicted molar refractivity (Wildman–Crippen MR) is 118 cm³/mol. The van der Waals surface area contributed by atoms with Gasteiger partial charge in [-0.05, 0) is 31.0 Å². The van der Waals surface area contributed by atoms with Crippen molar-refractivity contribution in [1.29, 1.82) is 0 Å². The van der Waals surface area contributed by atoms with Crippen molar-refractivity contribution in [1.82, 2.24) is 14.9 Å². The molecule has 0 unspecified atom stereocenters. The maximum Gasteiger partial charge on any atom is 0.287 e. The third kappa shape index (κ3) is 4.19. The Labute approximate surface area is 180 Å². The third-order valence-corrected chi connectivity index (χ3v) is 6.07. The highest BCUT2D eigenvalue weighted by molar-refractivity contribution is 6.33. The lowest BCUT2D eigenvalue weighted by atomic mass is 9.95. The summed E-state index contributed by atoms with van der Waals surface area (Å²) in [4.78, 5) is 17.8. The maximum absolute atomic E-state index is 13.1. The molecule has 0 bridgehead atoms. The van der Waals surface area contributed by atoms with Crippen LogP contribution >= 0.6 is 23.2 Å². The molecule has 1 N–H and O–H groups in total. The summed E-state index contributed by atoms with van der Waals surface area (Å²) in [5.41, 5.74) is 3.25. The molecule has 0 radical (unpaired) electrons. The average Bonchev–Trinajstić information content (AvgIpc) is 3.07. The van der Waals surface area contributed by atoms with Gasteiger partial charge in [-0.25, -0.2) is 4.98 Å². The van der Waals surface area contributed by atoms with Gasteiger partial charge in [-0.3, -0.25) is 4.79 Å². The molecule has 0 atom stereocenters. The quantitative estimate of drug-likeness (QED) is 0.544. The zero-order valence-electron chi connectivity index (χ0n) is 16.3. The zero-order valence-corrected chi connectivity index (χ0v) is 17.8. The molecule has 1 saturated carbocycles. The first kappa shape index (κ1) is 20.0. The second-order valence-corrected chi connectivity index (χ2v) is 8.33. The number of benzene rings is 2. The van der Waals surface area contributed by atoms with Gasteiger partial charge >= 0.3 is 0 Å². The van der Waals surface area contributed by atoms with Crippen LogP contribution in [0.15, 0.2) is 48.5 Å². The number of carbonyl (C=O) groups excluding carboxylic acids is 1. The Kier molecular flexibility index (Phi) is 5.93. The number of halogens is 2. The Morgan fingerprint density at radius 1 is 1.03 bits per heavy atom. The molecule has 1 amide bonds. The van der Waals surface area contributed by atoms with Gasteiger partial charge in [-0.1, -0.05) is 72.8 Å². The fourth-order valence-corrected chi connectivity index (χ4v) is 4.33. The van der Waals surface area contributed by atoms with Gasteiger partial charge in [-0.2, -0.15) is 0 Å². The van der Waals surface area contributed by atoms with Crippen molar-refractivity contribution >= 4 is 29.1 Å². The van der Waals surface area contributed by atoms with Crippen molar-refractivity contribution in [3.8, 4) is 22.5 Å². The average molecular weight is 428 g/mol. The monoisotopic (exact) mass is 427 g/mol. The lowest BCUT2D eigenvalue weighted by molar-refractivity contribution is 0.0914. The highest BCUT2D eigenvalue weighted by Crippen LogP contribution is 2.36. The standard InChI is InChI=1S/C23H23Cl2N3O/c1-28-21(15-11-13-16(24)14-12-15)20(18-9-5-6-10-19(18)25)27-22(28)23(29)26-17-7-3-2-4-8-17/h5-6,9-14,17H,2-4,7-8H2,1H3,(H,26,29). The van der Waals surface area contributed by atoms with E-state index in [1.807, 2.05) is 60.1 Å². The van der Waals surface area contributed by atoms with Gasteiger partial charge in [0, 0.05) is 29.2 Å². The lowest BCUT2D eigenvalue weighted by Crippen LogP contribution is -2.37. The molecule has 1 aliphatic rings. The first-order valence-corrected chi connectivity index (χ1v) is 10.7. The van der Waals surface area contributed by atoms with Gasteiger partial charge in [0.25, 0.3) is 5.91 Å². The second-order valence-electron chi connectivity index (χ2n) is 7.49. The molecule has 1 aliphatic carbocycles. The Bertz CT molecular complexity index is 1020. The van der Waals surface area contributed by atoms with Crippen LogP contribution in [0.5, 0.6) is 0 Å². The first-order chi connectivity index (χ1) is 14.0. The van der Waals surface area contributed by atoms with Crippen LogP contribution in [0.1, 0.15) is 42.7 Å². The van der Waals surface area contributed by atoms with Gasteiger partial charge in [0.15, 0.2) is 5.82 Å².